The number of anilines is 1. The number of nitro groups is 1. The van der Waals surface area contributed by atoms with Gasteiger partial charge in [-0.05, 0) is 12.1 Å². The Hall–Kier alpha value is -2.67. The second-order valence-electron chi connectivity index (χ2n) is 3.04. The summed E-state index contributed by atoms with van der Waals surface area (Å²) in [6.07, 6.45) is 0. The summed E-state index contributed by atoms with van der Waals surface area (Å²) < 4.78 is 13.3. The summed E-state index contributed by atoms with van der Waals surface area (Å²) in [7, 11) is 0. The van der Waals surface area contributed by atoms with Gasteiger partial charge in [-0.2, -0.15) is 14.9 Å². The van der Waals surface area contributed by atoms with Crippen LogP contribution in [0.15, 0.2) is 18.2 Å². The lowest BCUT2D eigenvalue weighted by Crippen LogP contribution is -2.24. The molecule has 0 saturated heterocycles. The van der Waals surface area contributed by atoms with Gasteiger partial charge in [-0.15, -0.1) is 0 Å². The SMILES string of the molecule is N#CCN(CC#N)c1cccc(F)c1[N+](=O)[O-]. The maximum atomic E-state index is 13.3. The molecule has 86 valence electrons. The summed E-state index contributed by atoms with van der Waals surface area (Å²) in [6, 6.07) is 7.08. The molecule has 7 heteroatoms. The van der Waals surface area contributed by atoms with Gasteiger partial charge < -0.3 is 4.90 Å². The predicted molar refractivity (Wildman–Crippen MR) is 56.5 cm³/mol. The van der Waals surface area contributed by atoms with E-state index in [2.05, 4.69) is 0 Å². The van der Waals surface area contributed by atoms with Crippen LogP contribution in [0.25, 0.3) is 0 Å². The van der Waals surface area contributed by atoms with E-state index in [0.29, 0.717) is 0 Å². The molecule has 1 rings (SSSR count). The Kier molecular flexibility index (Phi) is 3.96. The molecule has 0 N–H and O–H groups in total. The first kappa shape index (κ1) is 12.4. The van der Waals surface area contributed by atoms with Gasteiger partial charge >= 0.3 is 5.69 Å². The fraction of sp³-hybridized carbons (Fsp3) is 0.200. The Morgan fingerprint density at radius 2 is 1.94 bits per heavy atom. The van der Waals surface area contributed by atoms with Crippen LogP contribution in [0.4, 0.5) is 15.8 Å². The highest BCUT2D eigenvalue weighted by Crippen LogP contribution is 2.30. The molecule has 0 aliphatic heterocycles. The van der Waals surface area contributed by atoms with Gasteiger partial charge in [0.25, 0.3) is 0 Å². The number of hydrogen-bond acceptors (Lipinski definition) is 5. The molecule has 0 bridgehead atoms. The Morgan fingerprint density at radius 1 is 1.35 bits per heavy atom. The van der Waals surface area contributed by atoms with Crippen molar-refractivity contribution in [3.63, 3.8) is 0 Å². The molecule has 6 nitrogen and oxygen atoms in total. The first-order valence-electron chi connectivity index (χ1n) is 4.53. The van der Waals surface area contributed by atoms with Crippen LogP contribution in [0.3, 0.4) is 0 Å². The topological polar surface area (TPSA) is 94.0 Å². The highest BCUT2D eigenvalue weighted by molar-refractivity contribution is 5.64. The molecule has 0 radical (unpaired) electrons. The first-order valence-corrected chi connectivity index (χ1v) is 4.53. The molecule has 1 aromatic carbocycles. The molecule has 0 unspecified atom stereocenters. The Balaban J connectivity index is 3.29. The molecule has 0 spiro atoms. The number of nitriles is 2. The fourth-order valence-corrected chi connectivity index (χ4v) is 1.34. The van der Waals surface area contributed by atoms with Gasteiger partial charge in [0.15, 0.2) is 0 Å². The lowest BCUT2D eigenvalue weighted by Gasteiger charge is -2.17. The van der Waals surface area contributed by atoms with E-state index in [4.69, 9.17) is 10.5 Å². The first-order chi connectivity index (χ1) is 8.11. The van der Waals surface area contributed by atoms with Crippen molar-refractivity contribution in [2.24, 2.45) is 0 Å². The van der Waals surface area contributed by atoms with Crippen LogP contribution >= 0.6 is 0 Å². The van der Waals surface area contributed by atoms with Crippen molar-refractivity contribution in [2.45, 2.75) is 0 Å². The van der Waals surface area contributed by atoms with Crippen LogP contribution in [0.2, 0.25) is 0 Å². The molecule has 0 aliphatic rings. The number of para-hydroxylation sites is 1. The summed E-state index contributed by atoms with van der Waals surface area (Å²) in [5.74, 6) is -0.992. The molecule has 0 aliphatic carbocycles. The van der Waals surface area contributed by atoms with E-state index in [1.165, 1.54) is 12.1 Å². The summed E-state index contributed by atoms with van der Waals surface area (Å²) >= 11 is 0. The lowest BCUT2D eigenvalue weighted by molar-refractivity contribution is -0.386. The third-order valence-corrected chi connectivity index (χ3v) is 2.01. The Labute approximate surface area is 96.3 Å². The van der Waals surface area contributed by atoms with Gasteiger partial charge in [-0.1, -0.05) is 6.07 Å². The Morgan fingerprint density at radius 3 is 2.41 bits per heavy atom. The fourth-order valence-electron chi connectivity index (χ4n) is 1.34. The van der Waals surface area contributed by atoms with Gasteiger partial charge in [-0.25, -0.2) is 0 Å². The summed E-state index contributed by atoms with van der Waals surface area (Å²) in [4.78, 5) is 11.0. The number of benzene rings is 1. The van der Waals surface area contributed by atoms with E-state index in [1.807, 2.05) is 0 Å². The zero-order valence-electron chi connectivity index (χ0n) is 8.63. The van der Waals surface area contributed by atoms with E-state index >= 15 is 0 Å². The highest BCUT2D eigenvalue weighted by atomic mass is 19.1. The van der Waals surface area contributed by atoms with Crippen molar-refractivity contribution in [2.75, 3.05) is 18.0 Å². The smallest absolute Gasteiger partial charge is 0.327 e. The second kappa shape index (κ2) is 5.42. The van der Waals surface area contributed by atoms with Crippen LogP contribution in [-0.4, -0.2) is 18.0 Å². The molecular weight excluding hydrogens is 227 g/mol. The van der Waals surface area contributed by atoms with Crippen molar-refractivity contribution in [1.29, 1.82) is 10.5 Å². The second-order valence-corrected chi connectivity index (χ2v) is 3.04. The summed E-state index contributed by atoms with van der Waals surface area (Å²) in [6.45, 7) is -0.449. The Bertz CT molecular complexity index is 502. The quantitative estimate of drug-likeness (QED) is 0.448. The minimum atomic E-state index is -0.992. The van der Waals surface area contributed by atoms with E-state index in [-0.39, 0.29) is 18.8 Å². The normalized spacial score (nSPS) is 9.12. The van der Waals surface area contributed by atoms with Crippen LogP contribution < -0.4 is 4.90 Å². The predicted octanol–water partition coefficient (Wildman–Crippen LogP) is 1.59. The van der Waals surface area contributed by atoms with Gasteiger partial charge in [0.2, 0.25) is 5.82 Å². The standard InChI is InChI=1S/C10H7FN4O2/c11-8-2-1-3-9(10(8)15(16)17)14(6-4-12)7-5-13/h1-3H,6-7H2. The monoisotopic (exact) mass is 234 g/mol. The number of hydrogen-bond donors (Lipinski definition) is 0. The summed E-state index contributed by atoms with van der Waals surface area (Å²) in [5.41, 5.74) is -0.795. The highest BCUT2D eigenvalue weighted by Gasteiger charge is 2.23. The molecule has 0 amide bonds. The van der Waals surface area contributed by atoms with Crippen LogP contribution in [0.5, 0.6) is 0 Å². The van der Waals surface area contributed by atoms with E-state index < -0.39 is 16.4 Å². The minimum Gasteiger partial charge on any atom is -0.339 e. The zero-order chi connectivity index (χ0) is 12.8. The van der Waals surface area contributed by atoms with Crippen LogP contribution in [0.1, 0.15) is 0 Å². The van der Waals surface area contributed by atoms with E-state index in [1.54, 1.807) is 12.1 Å². The van der Waals surface area contributed by atoms with Gasteiger partial charge in [0, 0.05) is 0 Å². The maximum Gasteiger partial charge on any atom is 0.327 e. The molecule has 17 heavy (non-hydrogen) atoms. The number of nitrogens with zero attached hydrogens (tertiary/aromatic N) is 4. The van der Waals surface area contributed by atoms with Gasteiger partial charge in [-0.3, -0.25) is 10.1 Å². The van der Waals surface area contributed by atoms with Crippen LogP contribution in [-0.2, 0) is 0 Å². The van der Waals surface area contributed by atoms with Gasteiger partial charge in [0.05, 0.1) is 17.1 Å². The molecule has 0 aromatic heterocycles. The van der Waals surface area contributed by atoms with Crippen molar-refractivity contribution in [3.05, 3.63) is 34.1 Å². The molecular formula is C10H7FN4O2. The number of halogens is 1. The number of nitro benzene ring substituents is 1. The third kappa shape index (κ3) is 2.67. The molecule has 0 atom stereocenters. The molecule has 0 heterocycles. The van der Waals surface area contributed by atoms with Crippen molar-refractivity contribution >= 4 is 11.4 Å². The number of rotatable bonds is 4. The minimum absolute atomic E-state index is 0.0712. The third-order valence-electron chi connectivity index (χ3n) is 2.01. The van der Waals surface area contributed by atoms with Crippen molar-refractivity contribution in [3.8, 4) is 12.1 Å². The average Bonchev–Trinajstić information content (AvgIpc) is 2.28. The largest absolute Gasteiger partial charge is 0.339 e. The molecule has 0 saturated carbocycles. The van der Waals surface area contributed by atoms with Crippen molar-refractivity contribution in [1.82, 2.24) is 0 Å². The zero-order valence-corrected chi connectivity index (χ0v) is 8.63. The maximum absolute atomic E-state index is 13.3. The lowest BCUT2D eigenvalue weighted by atomic mass is 10.2. The van der Waals surface area contributed by atoms with E-state index in [9.17, 15) is 14.5 Å². The molecule has 0 fully saturated rings. The van der Waals surface area contributed by atoms with Gasteiger partial charge in [0.1, 0.15) is 18.8 Å². The van der Waals surface area contributed by atoms with Crippen LogP contribution in [0, 0.1) is 38.6 Å². The van der Waals surface area contributed by atoms with E-state index in [0.717, 1.165) is 11.0 Å². The summed E-state index contributed by atoms with van der Waals surface area (Å²) in [5, 5.41) is 27.8. The average molecular weight is 234 g/mol. The van der Waals surface area contributed by atoms with Crippen molar-refractivity contribution < 1.29 is 9.31 Å². The molecule has 1 aromatic rings.